The van der Waals surface area contributed by atoms with Crippen LogP contribution in [0.3, 0.4) is 0 Å². The van der Waals surface area contributed by atoms with E-state index in [0.717, 1.165) is 22.9 Å². The molecule has 20 heavy (non-hydrogen) atoms. The van der Waals surface area contributed by atoms with Gasteiger partial charge in [-0.15, -0.1) is 0 Å². The van der Waals surface area contributed by atoms with Crippen LogP contribution in [-0.4, -0.2) is 31.0 Å². The Bertz CT molecular complexity index is 515. The van der Waals surface area contributed by atoms with Gasteiger partial charge >= 0.3 is 0 Å². The van der Waals surface area contributed by atoms with Crippen molar-refractivity contribution in [1.82, 2.24) is 10.6 Å². The molecule has 1 aromatic carbocycles. The van der Waals surface area contributed by atoms with Crippen LogP contribution in [0.2, 0.25) is 0 Å². The summed E-state index contributed by atoms with van der Waals surface area (Å²) in [4.78, 5) is 23.0. The second-order valence-electron chi connectivity index (χ2n) is 4.84. The van der Waals surface area contributed by atoms with Crippen molar-refractivity contribution in [3.05, 3.63) is 28.2 Å². The Kier molecular flexibility index (Phi) is 5.00. The molecule has 0 radical (unpaired) electrons. The zero-order chi connectivity index (χ0) is 14.5. The highest BCUT2D eigenvalue weighted by atomic mass is 79.9. The van der Waals surface area contributed by atoms with Crippen LogP contribution in [0.1, 0.15) is 18.4 Å². The van der Waals surface area contributed by atoms with E-state index in [1.165, 1.54) is 0 Å². The number of carbonyl (C=O) groups excluding carboxylic acids is 2. The quantitative estimate of drug-likeness (QED) is 0.825. The first-order valence-corrected chi connectivity index (χ1v) is 7.29. The minimum atomic E-state index is -0.316. The van der Waals surface area contributed by atoms with E-state index < -0.39 is 0 Å². The molecule has 108 valence electrons. The van der Waals surface area contributed by atoms with Gasteiger partial charge in [-0.25, -0.2) is 0 Å². The first kappa shape index (κ1) is 14.8. The molecule has 1 saturated carbocycles. The molecule has 0 aromatic heterocycles. The molecule has 1 aliphatic rings. The van der Waals surface area contributed by atoms with Gasteiger partial charge in [0.2, 0.25) is 5.91 Å². The number of amides is 2. The van der Waals surface area contributed by atoms with Crippen LogP contribution in [0.15, 0.2) is 22.7 Å². The molecule has 2 amide bonds. The number of carbonyl (C=O) groups is 2. The van der Waals surface area contributed by atoms with Gasteiger partial charge in [-0.1, -0.05) is 6.07 Å². The van der Waals surface area contributed by atoms with Gasteiger partial charge in [-0.05, 0) is 53.4 Å². The highest BCUT2D eigenvalue weighted by Gasteiger charge is 2.23. The SMILES string of the molecule is Cc1ccc(OCC(=O)NCC(=O)NC2CC2)c(Br)c1. The van der Waals surface area contributed by atoms with Crippen molar-refractivity contribution in [1.29, 1.82) is 0 Å². The standard InChI is InChI=1S/C14H17BrN2O3/c1-9-2-5-12(11(15)6-9)20-8-14(19)16-7-13(18)17-10-3-4-10/h2,5-6,10H,3-4,7-8H2,1H3,(H,16,19)(H,17,18). The summed E-state index contributed by atoms with van der Waals surface area (Å²) in [7, 11) is 0. The predicted octanol–water partition coefficient (Wildman–Crippen LogP) is 1.53. The molecule has 0 unspecified atom stereocenters. The van der Waals surface area contributed by atoms with E-state index in [4.69, 9.17) is 4.74 Å². The van der Waals surface area contributed by atoms with Crippen molar-refractivity contribution in [3.8, 4) is 5.75 Å². The van der Waals surface area contributed by atoms with Crippen molar-refractivity contribution in [2.45, 2.75) is 25.8 Å². The van der Waals surface area contributed by atoms with Gasteiger partial charge in [-0.3, -0.25) is 9.59 Å². The van der Waals surface area contributed by atoms with Crippen molar-refractivity contribution in [2.75, 3.05) is 13.2 Å². The van der Waals surface area contributed by atoms with Crippen molar-refractivity contribution < 1.29 is 14.3 Å². The number of rotatable bonds is 6. The van der Waals surface area contributed by atoms with Gasteiger partial charge in [-0.2, -0.15) is 0 Å². The maximum absolute atomic E-state index is 11.6. The molecule has 0 aliphatic heterocycles. The first-order valence-electron chi connectivity index (χ1n) is 6.49. The number of halogens is 1. The first-order chi connectivity index (χ1) is 9.54. The molecule has 0 atom stereocenters. The molecule has 1 aliphatic carbocycles. The average molecular weight is 341 g/mol. The molecule has 1 fully saturated rings. The normalized spacial score (nSPS) is 13.7. The van der Waals surface area contributed by atoms with E-state index in [0.29, 0.717) is 11.8 Å². The summed E-state index contributed by atoms with van der Waals surface area (Å²) in [6.45, 7) is 1.85. The number of benzene rings is 1. The van der Waals surface area contributed by atoms with Gasteiger partial charge in [0.25, 0.3) is 5.91 Å². The van der Waals surface area contributed by atoms with Crippen LogP contribution >= 0.6 is 15.9 Å². The van der Waals surface area contributed by atoms with E-state index in [-0.39, 0.29) is 25.0 Å². The fraction of sp³-hybridized carbons (Fsp3) is 0.429. The monoisotopic (exact) mass is 340 g/mol. The van der Waals surface area contributed by atoms with Crippen LogP contribution in [-0.2, 0) is 9.59 Å². The summed E-state index contributed by atoms with van der Waals surface area (Å²) < 4.78 is 6.19. The lowest BCUT2D eigenvalue weighted by Gasteiger charge is -2.09. The predicted molar refractivity (Wildman–Crippen MR) is 78.5 cm³/mol. The number of hydrogen-bond donors (Lipinski definition) is 2. The molecule has 2 rings (SSSR count). The second-order valence-corrected chi connectivity index (χ2v) is 5.70. The van der Waals surface area contributed by atoms with Gasteiger partial charge in [0.15, 0.2) is 6.61 Å². The van der Waals surface area contributed by atoms with E-state index in [1.807, 2.05) is 19.1 Å². The highest BCUT2D eigenvalue weighted by Crippen LogP contribution is 2.25. The molecule has 0 saturated heterocycles. The van der Waals surface area contributed by atoms with Crippen LogP contribution in [0.5, 0.6) is 5.75 Å². The van der Waals surface area contributed by atoms with Crippen molar-refractivity contribution >= 4 is 27.7 Å². The minimum Gasteiger partial charge on any atom is -0.483 e. The van der Waals surface area contributed by atoms with E-state index >= 15 is 0 Å². The maximum atomic E-state index is 11.6. The summed E-state index contributed by atoms with van der Waals surface area (Å²) in [5.41, 5.74) is 1.10. The Balaban J connectivity index is 1.70. The molecule has 0 bridgehead atoms. The maximum Gasteiger partial charge on any atom is 0.258 e. The zero-order valence-electron chi connectivity index (χ0n) is 11.2. The number of ether oxygens (including phenoxy) is 1. The van der Waals surface area contributed by atoms with E-state index in [1.54, 1.807) is 6.07 Å². The molecule has 0 heterocycles. The second kappa shape index (κ2) is 6.74. The highest BCUT2D eigenvalue weighted by molar-refractivity contribution is 9.10. The lowest BCUT2D eigenvalue weighted by atomic mass is 10.2. The third-order valence-corrected chi connectivity index (χ3v) is 3.45. The Hall–Kier alpha value is -1.56. The fourth-order valence-electron chi connectivity index (χ4n) is 1.60. The summed E-state index contributed by atoms with van der Waals surface area (Å²) in [6, 6.07) is 5.92. The van der Waals surface area contributed by atoms with Crippen LogP contribution in [0.4, 0.5) is 0 Å². The Morgan fingerprint density at radius 2 is 2.10 bits per heavy atom. The summed E-state index contributed by atoms with van der Waals surface area (Å²) in [6.07, 6.45) is 2.06. The zero-order valence-corrected chi connectivity index (χ0v) is 12.8. The Morgan fingerprint density at radius 1 is 1.35 bits per heavy atom. The molecule has 6 heteroatoms. The Morgan fingerprint density at radius 3 is 2.75 bits per heavy atom. The number of hydrogen-bond acceptors (Lipinski definition) is 3. The van der Waals surface area contributed by atoms with Crippen LogP contribution in [0.25, 0.3) is 0 Å². The summed E-state index contributed by atoms with van der Waals surface area (Å²) in [5.74, 6) is 0.133. The van der Waals surface area contributed by atoms with Gasteiger partial charge in [0.05, 0.1) is 11.0 Å². The van der Waals surface area contributed by atoms with Crippen molar-refractivity contribution in [3.63, 3.8) is 0 Å². The van der Waals surface area contributed by atoms with Crippen molar-refractivity contribution in [2.24, 2.45) is 0 Å². The van der Waals surface area contributed by atoms with E-state index in [2.05, 4.69) is 26.6 Å². The topological polar surface area (TPSA) is 67.4 Å². The summed E-state index contributed by atoms with van der Waals surface area (Å²) >= 11 is 3.37. The molecule has 2 N–H and O–H groups in total. The third kappa shape index (κ3) is 4.85. The molecule has 5 nitrogen and oxygen atoms in total. The molecular formula is C14H17BrN2O3. The van der Waals surface area contributed by atoms with Gasteiger partial charge in [0.1, 0.15) is 5.75 Å². The smallest absolute Gasteiger partial charge is 0.258 e. The number of nitrogens with one attached hydrogen (secondary N) is 2. The number of aryl methyl sites for hydroxylation is 1. The average Bonchev–Trinajstić information content (AvgIpc) is 3.19. The largest absolute Gasteiger partial charge is 0.483 e. The van der Waals surface area contributed by atoms with Gasteiger partial charge in [0, 0.05) is 6.04 Å². The molecule has 1 aromatic rings. The fourth-order valence-corrected chi connectivity index (χ4v) is 2.21. The van der Waals surface area contributed by atoms with Gasteiger partial charge < -0.3 is 15.4 Å². The molecular weight excluding hydrogens is 324 g/mol. The Labute approximate surface area is 126 Å². The lowest BCUT2D eigenvalue weighted by molar-refractivity contribution is -0.127. The molecule has 0 spiro atoms. The van der Waals surface area contributed by atoms with Crippen LogP contribution < -0.4 is 15.4 Å². The van der Waals surface area contributed by atoms with E-state index in [9.17, 15) is 9.59 Å². The summed E-state index contributed by atoms with van der Waals surface area (Å²) in [5, 5.41) is 5.32. The third-order valence-electron chi connectivity index (χ3n) is 2.83. The lowest BCUT2D eigenvalue weighted by Crippen LogP contribution is -2.39. The minimum absolute atomic E-state index is 0.00619. The van der Waals surface area contributed by atoms with Crippen LogP contribution in [0, 0.1) is 6.92 Å².